The van der Waals surface area contributed by atoms with Crippen LogP contribution in [0.5, 0.6) is 5.75 Å². The largest absolute Gasteiger partial charge is 0.494 e. The number of carbonyl (C=O) groups excluding carboxylic acids is 1. The van der Waals surface area contributed by atoms with Crippen molar-refractivity contribution >= 4 is 5.91 Å². The van der Waals surface area contributed by atoms with E-state index in [1.807, 2.05) is 24.3 Å². The Morgan fingerprint density at radius 1 is 1.12 bits per heavy atom. The summed E-state index contributed by atoms with van der Waals surface area (Å²) < 4.78 is 5.71. The van der Waals surface area contributed by atoms with Gasteiger partial charge in [-0.15, -0.1) is 0 Å². The van der Waals surface area contributed by atoms with Crippen LogP contribution in [0.25, 0.3) is 0 Å². The van der Waals surface area contributed by atoms with E-state index in [-0.39, 0.29) is 5.91 Å². The lowest BCUT2D eigenvalue weighted by molar-refractivity contribution is 0.0904. The lowest BCUT2D eigenvalue weighted by Gasteiger charge is -2.37. The standard InChI is InChI=1S/C22H35NO2/c1-16(2)14-15-25-20-12-6-17(7-13-20)21(24)23-19-10-8-18(9-11-19)22(3,4)5/h6-7,12-13,16,18-19H,8-11,14-15H2,1-5H3,(H,23,24). The maximum absolute atomic E-state index is 12.5. The molecule has 1 aromatic carbocycles. The second kappa shape index (κ2) is 8.73. The smallest absolute Gasteiger partial charge is 0.251 e. The quantitative estimate of drug-likeness (QED) is 0.745. The fourth-order valence-electron chi connectivity index (χ4n) is 3.49. The Morgan fingerprint density at radius 2 is 1.72 bits per heavy atom. The maximum Gasteiger partial charge on any atom is 0.251 e. The first kappa shape index (κ1) is 19.8. The third kappa shape index (κ3) is 6.37. The average Bonchev–Trinajstić information content (AvgIpc) is 2.55. The van der Waals surface area contributed by atoms with E-state index in [0.29, 0.717) is 22.9 Å². The fourth-order valence-corrected chi connectivity index (χ4v) is 3.49. The summed E-state index contributed by atoms with van der Waals surface area (Å²) in [6, 6.07) is 7.83. The molecule has 1 aliphatic carbocycles. The second-order valence-electron chi connectivity index (χ2n) is 8.94. The molecule has 25 heavy (non-hydrogen) atoms. The minimum absolute atomic E-state index is 0.0351. The molecule has 140 valence electrons. The molecule has 0 bridgehead atoms. The van der Waals surface area contributed by atoms with Crippen molar-refractivity contribution in [3.05, 3.63) is 29.8 Å². The monoisotopic (exact) mass is 345 g/mol. The zero-order chi connectivity index (χ0) is 18.4. The van der Waals surface area contributed by atoms with Gasteiger partial charge in [0.15, 0.2) is 0 Å². The van der Waals surface area contributed by atoms with E-state index >= 15 is 0 Å². The Morgan fingerprint density at radius 3 is 2.24 bits per heavy atom. The van der Waals surface area contributed by atoms with E-state index in [0.717, 1.165) is 37.5 Å². The van der Waals surface area contributed by atoms with Gasteiger partial charge in [0.25, 0.3) is 5.91 Å². The van der Waals surface area contributed by atoms with Crippen LogP contribution in [0, 0.1) is 17.3 Å². The molecule has 0 spiro atoms. The van der Waals surface area contributed by atoms with E-state index in [2.05, 4.69) is 39.9 Å². The molecule has 0 atom stereocenters. The molecule has 1 fully saturated rings. The van der Waals surface area contributed by atoms with E-state index in [1.54, 1.807) is 0 Å². The maximum atomic E-state index is 12.5. The van der Waals surface area contributed by atoms with Crippen LogP contribution in [0.4, 0.5) is 0 Å². The SMILES string of the molecule is CC(C)CCOc1ccc(C(=O)NC2CCC(C(C)(C)C)CC2)cc1. The minimum Gasteiger partial charge on any atom is -0.494 e. The van der Waals surface area contributed by atoms with Crippen molar-refractivity contribution in [1.82, 2.24) is 5.32 Å². The molecule has 1 amide bonds. The van der Waals surface area contributed by atoms with E-state index in [4.69, 9.17) is 4.74 Å². The van der Waals surface area contributed by atoms with Gasteiger partial charge < -0.3 is 10.1 Å². The summed E-state index contributed by atoms with van der Waals surface area (Å²) in [5.74, 6) is 2.28. The van der Waals surface area contributed by atoms with Gasteiger partial charge in [-0.05, 0) is 73.6 Å². The number of hydrogen-bond acceptors (Lipinski definition) is 2. The number of carbonyl (C=O) groups is 1. The van der Waals surface area contributed by atoms with Gasteiger partial charge >= 0.3 is 0 Å². The van der Waals surface area contributed by atoms with Crippen LogP contribution in [0.15, 0.2) is 24.3 Å². The third-order valence-corrected chi connectivity index (χ3v) is 5.37. The first-order valence-electron chi connectivity index (χ1n) is 9.79. The number of hydrogen-bond donors (Lipinski definition) is 1. The summed E-state index contributed by atoms with van der Waals surface area (Å²) in [6.07, 6.45) is 5.63. The van der Waals surface area contributed by atoms with E-state index in [1.165, 1.54) is 12.8 Å². The Kier molecular flexibility index (Phi) is 6.92. The molecule has 3 heteroatoms. The molecule has 1 aromatic rings. The number of rotatable bonds is 6. The van der Waals surface area contributed by atoms with Gasteiger partial charge in [-0.1, -0.05) is 34.6 Å². The van der Waals surface area contributed by atoms with Crippen LogP contribution in [0.1, 0.15) is 77.1 Å². The second-order valence-corrected chi connectivity index (χ2v) is 8.94. The number of amides is 1. The van der Waals surface area contributed by atoms with Gasteiger partial charge in [0.2, 0.25) is 0 Å². The molecule has 0 heterocycles. The highest BCUT2D eigenvalue weighted by Gasteiger charge is 2.30. The predicted molar refractivity (Wildman–Crippen MR) is 104 cm³/mol. The van der Waals surface area contributed by atoms with Crippen LogP contribution >= 0.6 is 0 Å². The molecule has 0 aromatic heterocycles. The van der Waals surface area contributed by atoms with Crippen molar-refractivity contribution in [2.24, 2.45) is 17.3 Å². The number of benzene rings is 1. The molecule has 0 radical (unpaired) electrons. The van der Waals surface area contributed by atoms with Gasteiger partial charge in [-0.25, -0.2) is 0 Å². The first-order valence-corrected chi connectivity index (χ1v) is 9.79. The molecular weight excluding hydrogens is 310 g/mol. The van der Waals surface area contributed by atoms with Crippen LogP contribution in [0.2, 0.25) is 0 Å². The van der Waals surface area contributed by atoms with Crippen molar-refractivity contribution < 1.29 is 9.53 Å². The van der Waals surface area contributed by atoms with Gasteiger partial charge in [-0.3, -0.25) is 4.79 Å². The molecular formula is C22H35NO2. The first-order chi connectivity index (χ1) is 11.8. The Hall–Kier alpha value is -1.51. The Balaban J connectivity index is 1.79. The van der Waals surface area contributed by atoms with Crippen LogP contribution in [-0.4, -0.2) is 18.6 Å². The van der Waals surface area contributed by atoms with E-state index in [9.17, 15) is 4.79 Å². The van der Waals surface area contributed by atoms with Crippen molar-refractivity contribution in [2.45, 2.75) is 72.8 Å². The van der Waals surface area contributed by atoms with Gasteiger partial charge in [0.1, 0.15) is 5.75 Å². The van der Waals surface area contributed by atoms with Crippen molar-refractivity contribution in [3.8, 4) is 5.75 Å². The molecule has 0 aliphatic heterocycles. The van der Waals surface area contributed by atoms with Crippen LogP contribution in [0.3, 0.4) is 0 Å². The normalized spacial score (nSPS) is 21.2. The summed E-state index contributed by atoms with van der Waals surface area (Å²) in [6.45, 7) is 12.1. The number of ether oxygens (including phenoxy) is 1. The van der Waals surface area contributed by atoms with Crippen LogP contribution < -0.4 is 10.1 Å². The summed E-state index contributed by atoms with van der Waals surface area (Å²) in [4.78, 5) is 12.5. The topological polar surface area (TPSA) is 38.3 Å². The molecule has 1 N–H and O–H groups in total. The highest BCUT2D eigenvalue weighted by molar-refractivity contribution is 5.94. The zero-order valence-electron chi connectivity index (χ0n) is 16.6. The molecule has 2 rings (SSSR count). The van der Waals surface area contributed by atoms with Crippen LogP contribution in [-0.2, 0) is 0 Å². The number of nitrogens with one attached hydrogen (secondary N) is 1. The van der Waals surface area contributed by atoms with Gasteiger partial charge in [0, 0.05) is 11.6 Å². The van der Waals surface area contributed by atoms with Crippen molar-refractivity contribution in [1.29, 1.82) is 0 Å². The lowest BCUT2D eigenvalue weighted by Crippen LogP contribution is -2.39. The molecule has 0 saturated heterocycles. The molecule has 0 unspecified atom stereocenters. The average molecular weight is 346 g/mol. The fraction of sp³-hybridized carbons (Fsp3) is 0.682. The molecule has 1 saturated carbocycles. The summed E-state index contributed by atoms with van der Waals surface area (Å²) in [7, 11) is 0. The molecule has 1 aliphatic rings. The molecule has 3 nitrogen and oxygen atoms in total. The van der Waals surface area contributed by atoms with Gasteiger partial charge in [-0.2, -0.15) is 0 Å². The highest BCUT2D eigenvalue weighted by Crippen LogP contribution is 2.37. The summed E-state index contributed by atoms with van der Waals surface area (Å²) in [5, 5.41) is 3.20. The van der Waals surface area contributed by atoms with Crippen molar-refractivity contribution in [3.63, 3.8) is 0 Å². The lowest BCUT2D eigenvalue weighted by atomic mass is 9.71. The highest BCUT2D eigenvalue weighted by atomic mass is 16.5. The minimum atomic E-state index is 0.0351. The predicted octanol–water partition coefficient (Wildman–Crippen LogP) is 5.45. The van der Waals surface area contributed by atoms with E-state index < -0.39 is 0 Å². The summed E-state index contributed by atoms with van der Waals surface area (Å²) in [5.41, 5.74) is 1.09. The summed E-state index contributed by atoms with van der Waals surface area (Å²) >= 11 is 0. The third-order valence-electron chi connectivity index (χ3n) is 5.37. The van der Waals surface area contributed by atoms with Gasteiger partial charge in [0.05, 0.1) is 6.61 Å². The van der Waals surface area contributed by atoms with Crippen molar-refractivity contribution in [2.75, 3.05) is 6.61 Å². The zero-order valence-corrected chi connectivity index (χ0v) is 16.6. The Labute approximate surface area is 153 Å². The Bertz CT molecular complexity index is 534.